The van der Waals surface area contributed by atoms with Crippen LogP contribution in [-0.4, -0.2) is 0 Å². The Morgan fingerprint density at radius 2 is 1.75 bits per heavy atom. The Morgan fingerprint density at radius 1 is 1.25 bits per heavy atom. The minimum absolute atomic E-state index is 0.339. The fraction of sp³-hybridized carbons (Fsp3) is 0. The summed E-state index contributed by atoms with van der Waals surface area (Å²) in [5, 5.41) is 17.3. The van der Waals surface area contributed by atoms with Crippen molar-refractivity contribution >= 4 is 5.69 Å². The second-order valence-corrected chi connectivity index (χ2v) is 1.81. The zero-order valence-electron chi connectivity index (χ0n) is 8.84. The van der Waals surface area contributed by atoms with Crippen LogP contribution < -0.4 is 0 Å². The van der Waals surface area contributed by atoms with Crippen molar-refractivity contribution in [2.24, 2.45) is 0 Å². The van der Waals surface area contributed by atoms with Crippen LogP contribution in [0.3, 0.4) is 0 Å². The molecule has 1 aromatic carbocycles. The Kier molecular flexibility index (Phi) is 1.21. The third-order valence-electron chi connectivity index (χ3n) is 1.07. The monoisotopic (exact) mass is 156 g/mol. The fourth-order valence-electron chi connectivity index (χ4n) is 0.623. The van der Waals surface area contributed by atoms with Gasteiger partial charge >= 0.3 is 0 Å². The van der Waals surface area contributed by atoms with Gasteiger partial charge in [0.1, 0.15) is 0 Å². The molecule has 1 aromatic rings. The number of nitriles is 2. The predicted molar refractivity (Wildman–Crippen MR) is 42.1 cm³/mol. The summed E-state index contributed by atoms with van der Waals surface area (Å²) in [6, 6.07) is 1.80. The molecule has 3 nitrogen and oxygen atoms in total. The third kappa shape index (κ3) is 1.40. The van der Waals surface area contributed by atoms with E-state index in [0.29, 0.717) is 0 Å². The van der Waals surface area contributed by atoms with Crippen molar-refractivity contribution in [2.75, 3.05) is 0 Å². The molecule has 12 heavy (non-hydrogen) atoms. The van der Waals surface area contributed by atoms with Crippen molar-refractivity contribution in [3.8, 4) is 12.1 Å². The number of nitrogens with zero attached hydrogens (tertiary/aromatic N) is 3. The van der Waals surface area contributed by atoms with Crippen molar-refractivity contribution in [1.82, 2.24) is 0 Å². The first-order valence-electron chi connectivity index (χ1n) is 4.39. The van der Waals surface area contributed by atoms with Crippen LogP contribution in [0.25, 0.3) is 4.85 Å². The zero-order chi connectivity index (χ0) is 11.6. The van der Waals surface area contributed by atoms with Gasteiger partial charge in [0, 0.05) is 11.1 Å². The van der Waals surface area contributed by atoms with Crippen LogP contribution >= 0.6 is 0 Å². The Labute approximate surface area is 74.1 Å². The maximum absolute atomic E-state index is 8.67. The number of rotatable bonds is 0. The number of hydrogen-bond acceptors (Lipinski definition) is 2. The van der Waals surface area contributed by atoms with Gasteiger partial charge < -0.3 is 0 Å². The molecule has 0 spiro atoms. The SMILES string of the molecule is [2H]c1c(C#N)c([2H])c([N+]#[C-])c([2H])c1C#N. The average Bonchev–Trinajstić information content (AvgIpc) is 2.19. The van der Waals surface area contributed by atoms with E-state index in [4.69, 9.17) is 21.2 Å². The van der Waals surface area contributed by atoms with Crippen LogP contribution in [0.15, 0.2) is 18.1 Å². The van der Waals surface area contributed by atoms with Gasteiger partial charge in [-0.25, -0.2) is 4.85 Å². The zero-order valence-corrected chi connectivity index (χ0v) is 5.84. The number of benzene rings is 1. The van der Waals surface area contributed by atoms with Crippen molar-refractivity contribution in [3.63, 3.8) is 0 Å². The van der Waals surface area contributed by atoms with Gasteiger partial charge in [-0.1, -0.05) is 0 Å². The minimum Gasteiger partial charge on any atom is -0.238 e. The highest BCUT2D eigenvalue weighted by molar-refractivity contribution is 5.55. The van der Waals surface area contributed by atoms with E-state index in [0.717, 1.165) is 0 Å². The maximum atomic E-state index is 8.67. The normalized spacial score (nSPS) is 11.2. The summed E-state index contributed by atoms with van der Waals surface area (Å²) in [6.45, 7) is 6.74. The minimum atomic E-state index is -0.457. The van der Waals surface area contributed by atoms with Gasteiger partial charge in [-0.15, -0.1) is 0 Å². The molecule has 0 N–H and O–H groups in total. The van der Waals surface area contributed by atoms with E-state index >= 15 is 0 Å². The topological polar surface area (TPSA) is 51.9 Å². The van der Waals surface area contributed by atoms with Crippen molar-refractivity contribution in [2.45, 2.75) is 0 Å². The molecule has 0 heterocycles. The summed E-state index contributed by atoms with van der Waals surface area (Å²) in [7, 11) is 0. The Morgan fingerprint density at radius 3 is 2.08 bits per heavy atom. The molecule has 0 radical (unpaired) electrons. The van der Waals surface area contributed by atoms with Crippen molar-refractivity contribution < 1.29 is 4.11 Å². The predicted octanol–water partition coefficient (Wildman–Crippen LogP) is 1.98. The maximum Gasteiger partial charge on any atom is 0.189 e. The standard InChI is InChI=1S/C9H3N3/c1-12-9-3-7(5-10)2-8(4-9)6-11/h2-4H/i2D,3D,4D. The molecule has 0 fully saturated rings. The lowest BCUT2D eigenvalue weighted by molar-refractivity contribution is 1.45. The molecular weight excluding hydrogens is 150 g/mol. The molecule has 0 aliphatic carbocycles. The smallest absolute Gasteiger partial charge is 0.189 e. The van der Waals surface area contributed by atoms with Crippen LogP contribution in [-0.2, 0) is 0 Å². The van der Waals surface area contributed by atoms with Gasteiger partial charge in [0.25, 0.3) is 0 Å². The molecule has 0 aliphatic heterocycles. The highest BCUT2D eigenvalue weighted by Gasteiger charge is 1.98. The average molecular weight is 156 g/mol. The summed E-state index contributed by atoms with van der Waals surface area (Å²) in [6.07, 6.45) is 0. The fourth-order valence-corrected chi connectivity index (χ4v) is 0.623. The molecule has 54 valence electrons. The van der Waals surface area contributed by atoms with E-state index < -0.39 is 18.1 Å². The summed E-state index contributed by atoms with van der Waals surface area (Å²) < 4.78 is 22.2. The Bertz CT molecular complexity index is 456. The first kappa shape index (κ1) is 4.54. The Balaban J connectivity index is 3.88. The lowest BCUT2D eigenvalue weighted by Gasteiger charge is -1.91. The van der Waals surface area contributed by atoms with Crippen molar-refractivity contribution in [1.29, 1.82) is 10.5 Å². The highest BCUT2D eigenvalue weighted by Crippen LogP contribution is 2.16. The van der Waals surface area contributed by atoms with E-state index in [-0.39, 0.29) is 16.8 Å². The Hall–Kier alpha value is -2.31. The largest absolute Gasteiger partial charge is 0.238 e. The van der Waals surface area contributed by atoms with Gasteiger partial charge in [-0.3, -0.25) is 0 Å². The quantitative estimate of drug-likeness (QED) is 0.539. The van der Waals surface area contributed by atoms with E-state index in [9.17, 15) is 0 Å². The van der Waals surface area contributed by atoms with E-state index in [1.165, 1.54) is 0 Å². The molecule has 0 unspecified atom stereocenters. The molecular formula is C9H3N3. The third-order valence-corrected chi connectivity index (χ3v) is 1.07. The molecule has 0 bridgehead atoms. The van der Waals surface area contributed by atoms with E-state index in [1.807, 2.05) is 0 Å². The van der Waals surface area contributed by atoms with E-state index in [1.54, 1.807) is 12.1 Å². The number of hydrogen-bond donors (Lipinski definition) is 0. The van der Waals surface area contributed by atoms with Gasteiger partial charge in [0.2, 0.25) is 0 Å². The molecule has 0 aromatic heterocycles. The summed E-state index contributed by atoms with van der Waals surface area (Å²) in [5.74, 6) is 0. The first-order chi connectivity index (χ1) is 7.08. The molecule has 0 saturated heterocycles. The van der Waals surface area contributed by atoms with Crippen LogP contribution in [0.2, 0.25) is 0 Å². The van der Waals surface area contributed by atoms with E-state index in [2.05, 4.69) is 4.85 Å². The van der Waals surface area contributed by atoms with Crippen molar-refractivity contribution in [3.05, 3.63) is 40.7 Å². The van der Waals surface area contributed by atoms with Gasteiger partial charge in [-0.2, -0.15) is 10.5 Å². The van der Waals surface area contributed by atoms with Crippen LogP contribution in [0.5, 0.6) is 0 Å². The molecule has 1 rings (SSSR count). The lowest BCUT2D eigenvalue weighted by atomic mass is 10.1. The second kappa shape index (κ2) is 3.19. The molecule has 0 amide bonds. The van der Waals surface area contributed by atoms with Crippen LogP contribution in [0, 0.1) is 29.2 Å². The van der Waals surface area contributed by atoms with Gasteiger partial charge in [-0.05, 0) is 18.1 Å². The molecule has 0 aliphatic rings. The molecule has 0 atom stereocenters. The summed E-state index contributed by atoms with van der Waals surface area (Å²) in [5.41, 5.74) is -1.04. The highest BCUT2D eigenvalue weighted by atomic mass is 14.6. The lowest BCUT2D eigenvalue weighted by Crippen LogP contribution is -1.77. The molecule has 0 saturated carbocycles. The first-order valence-corrected chi connectivity index (χ1v) is 2.89. The summed E-state index contributed by atoms with van der Waals surface area (Å²) >= 11 is 0. The summed E-state index contributed by atoms with van der Waals surface area (Å²) in [4.78, 5) is 2.92. The van der Waals surface area contributed by atoms with Crippen LogP contribution in [0.1, 0.15) is 15.2 Å². The van der Waals surface area contributed by atoms with Gasteiger partial charge in [0.15, 0.2) is 5.69 Å². The van der Waals surface area contributed by atoms with Crippen LogP contribution in [0.4, 0.5) is 5.69 Å². The second-order valence-electron chi connectivity index (χ2n) is 1.81. The molecule has 3 heteroatoms. The van der Waals surface area contributed by atoms with Gasteiger partial charge in [0.05, 0.1) is 22.8 Å².